The molecule has 0 aliphatic heterocycles. The van der Waals surface area contributed by atoms with Crippen LogP contribution in [0.2, 0.25) is 5.02 Å². The summed E-state index contributed by atoms with van der Waals surface area (Å²) in [5.74, 6) is -0.283. The van der Waals surface area contributed by atoms with Crippen molar-refractivity contribution in [1.29, 1.82) is 0 Å². The summed E-state index contributed by atoms with van der Waals surface area (Å²) >= 11 is 6.21. The molecular weight excluding hydrogens is 301 g/mol. The Morgan fingerprint density at radius 1 is 1.27 bits per heavy atom. The van der Waals surface area contributed by atoms with Crippen molar-refractivity contribution in [3.63, 3.8) is 0 Å². The van der Waals surface area contributed by atoms with Crippen LogP contribution in [0.1, 0.15) is 64.9 Å². The van der Waals surface area contributed by atoms with Crippen molar-refractivity contribution < 1.29 is 9.18 Å². The molecule has 0 saturated heterocycles. The third kappa shape index (κ3) is 4.98. The quantitative estimate of drug-likeness (QED) is 0.545. The lowest BCUT2D eigenvalue weighted by Crippen LogP contribution is -2.39. The average molecular weight is 328 g/mol. The zero-order valence-electron chi connectivity index (χ0n) is 14.1. The number of carbonyl (C=O) groups excluding carboxylic acids is 1. The summed E-state index contributed by atoms with van der Waals surface area (Å²) in [6.07, 6.45) is 5.56. The molecule has 0 saturated carbocycles. The zero-order valence-corrected chi connectivity index (χ0v) is 14.8. The second-order valence-electron chi connectivity index (χ2n) is 5.91. The molecule has 0 aliphatic carbocycles. The van der Waals surface area contributed by atoms with Crippen molar-refractivity contribution >= 4 is 23.2 Å². The molecule has 1 aromatic carbocycles. The van der Waals surface area contributed by atoms with Crippen molar-refractivity contribution in [2.75, 3.05) is 4.90 Å². The highest BCUT2D eigenvalue weighted by molar-refractivity contribution is 6.33. The third-order valence-corrected chi connectivity index (χ3v) is 4.19. The maximum atomic E-state index is 13.6. The van der Waals surface area contributed by atoms with Gasteiger partial charge in [0.2, 0.25) is 5.91 Å². The molecule has 1 aromatic rings. The minimum absolute atomic E-state index is 0.0550. The number of halogens is 2. The van der Waals surface area contributed by atoms with Crippen molar-refractivity contribution in [3.05, 3.63) is 28.5 Å². The van der Waals surface area contributed by atoms with Crippen molar-refractivity contribution in [2.45, 2.75) is 72.3 Å². The van der Waals surface area contributed by atoms with Gasteiger partial charge in [-0.3, -0.25) is 4.79 Å². The number of hydrogen-bond donors (Lipinski definition) is 0. The summed E-state index contributed by atoms with van der Waals surface area (Å²) in [6, 6.07) is 3.05. The molecule has 4 heteroatoms. The van der Waals surface area contributed by atoms with Crippen LogP contribution >= 0.6 is 11.6 Å². The maximum absolute atomic E-state index is 13.6. The summed E-state index contributed by atoms with van der Waals surface area (Å²) in [4.78, 5) is 14.3. The van der Waals surface area contributed by atoms with Crippen molar-refractivity contribution in [1.82, 2.24) is 0 Å². The van der Waals surface area contributed by atoms with Crippen LogP contribution in [0.15, 0.2) is 12.1 Å². The lowest BCUT2D eigenvalue weighted by Gasteiger charge is -2.30. The molecule has 2 nitrogen and oxygen atoms in total. The zero-order chi connectivity index (χ0) is 16.7. The van der Waals surface area contributed by atoms with Crippen LogP contribution in [-0.4, -0.2) is 11.9 Å². The highest BCUT2D eigenvalue weighted by Crippen LogP contribution is 2.32. The molecule has 1 rings (SSSR count). The highest BCUT2D eigenvalue weighted by Gasteiger charge is 2.24. The molecule has 0 N–H and O–H groups in total. The normalized spacial score (nSPS) is 12.3. The van der Waals surface area contributed by atoms with E-state index >= 15 is 0 Å². The Morgan fingerprint density at radius 2 is 1.95 bits per heavy atom. The first-order valence-corrected chi connectivity index (χ1v) is 8.57. The second kappa shape index (κ2) is 9.14. The molecule has 0 aromatic heterocycles. The molecule has 22 heavy (non-hydrogen) atoms. The van der Waals surface area contributed by atoms with Gasteiger partial charge in [0.25, 0.3) is 0 Å². The van der Waals surface area contributed by atoms with E-state index in [1.54, 1.807) is 17.9 Å². The van der Waals surface area contributed by atoms with Gasteiger partial charge >= 0.3 is 0 Å². The topological polar surface area (TPSA) is 20.3 Å². The van der Waals surface area contributed by atoms with Crippen molar-refractivity contribution in [2.24, 2.45) is 0 Å². The number of benzene rings is 1. The molecule has 0 aliphatic rings. The monoisotopic (exact) mass is 327 g/mol. The van der Waals surface area contributed by atoms with E-state index in [1.165, 1.54) is 6.07 Å². The van der Waals surface area contributed by atoms with Gasteiger partial charge in [-0.1, -0.05) is 44.7 Å². The second-order valence-corrected chi connectivity index (χ2v) is 6.32. The van der Waals surface area contributed by atoms with E-state index in [4.69, 9.17) is 11.6 Å². The number of unbranched alkanes of at least 4 members (excludes halogenated alkanes) is 2. The summed E-state index contributed by atoms with van der Waals surface area (Å²) in [5, 5.41) is 0.301. The van der Waals surface area contributed by atoms with Crippen molar-refractivity contribution in [3.8, 4) is 0 Å². The van der Waals surface area contributed by atoms with Gasteiger partial charge in [-0.15, -0.1) is 0 Å². The van der Waals surface area contributed by atoms with Crippen LogP contribution in [0.25, 0.3) is 0 Å². The standard InChI is InChI=1S/C18H27ClFNO/c1-5-7-8-10-14(4)21(18(22)9-6-2)17-11-13(3)16(20)12-15(17)19/h11-12,14H,5-10H2,1-4H3. The number of hydrogen-bond acceptors (Lipinski definition) is 1. The van der Waals surface area contributed by atoms with Crippen LogP contribution in [0.3, 0.4) is 0 Å². The van der Waals surface area contributed by atoms with E-state index in [9.17, 15) is 9.18 Å². The van der Waals surface area contributed by atoms with Gasteiger partial charge in [0.05, 0.1) is 10.7 Å². The first kappa shape index (κ1) is 19.0. The number of nitrogens with zero attached hydrogens (tertiary/aromatic N) is 1. The van der Waals surface area contributed by atoms with Gasteiger partial charge in [-0.25, -0.2) is 4.39 Å². The number of carbonyl (C=O) groups is 1. The smallest absolute Gasteiger partial charge is 0.227 e. The molecule has 1 amide bonds. The van der Waals surface area contributed by atoms with Crippen LogP contribution in [-0.2, 0) is 4.79 Å². The first-order valence-electron chi connectivity index (χ1n) is 8.20. The van der Waals surface area contributed by atoms with E-state index in [2.05, 4.69) is 6.92 Å². The van der Waals surface area contributed by atoms with Crippen LogP contribution in [0.5, 0.6) is 0 Å². The van der Waals surface area contributed by atoms with E-state index in [1.807, 2.05) is 13.8 Å². The van der Waals surface area contributed by atoms with Gasteiger partial charge < -0.3 is 4.90 Å². The fraction of sp³-hybridized carbons (Fsp3) is 0.611. The molecule has 124 valence electrons. The average Bonchev–Trinajstić information content (AvgIpc) is 2.45. The molecule has 1 atom stereocenters. The van der Waals surface area contributed by atoms with Gasteiger partial charge in [0.1, 0.15) is 5.82 Å². The van der Waals surface area contributed by atoms with Crippen LogP contribution in [0.4, 0.5) is 10.1 Å². The number of rotatable bonds is 8. The molecule has 0 radical (unpaired) electrons. The Balaban J connectivity index is 3.09. The van der Waals surface area contributed by atoms with Crippen LogP contribution < -0.4 is 4.90 Å². The van der Waals surface area contributed by atoms with E-state index in [-0.39, 0.29) is 17.8 Å². The maximum Gasteiger partial charge on any atom is 0.227 e. The number of amides is 1. The first-order chi connectivity index (χ1) is 10.4. The molecule has 0 fully saturated rings. The Bertz CT molecular complexity index is 504. The summed E-state index contributed by atoms with van der Waals surface area (Å²) in [5.41, 5.74) is 1.14. The third-order valence-electron chi connectivity index (χ3n) is 3.89. The fourth-order valence-corrected chi connectivity index (χ4v) is 2.84. The summed E-state index contributed by atoms with van der Waals surface area (Å²) in [6.45, 7) is 7.87. The SMILES string of the molecule is CCCCCC(C)N(C(=O)CCC)c1cc(C)c(F)cc1Cl. The van der Waals surface area contributed by atoms with Gasteiger partial charge in [-0.2, -0.15) is 0 Å². The Kier molecular flexibility index (Phi) is 7.88. The minimum Gasteiger partial charge on any atom is -0.308 e. The molecule has 0 heterocycles. The number of aryl methyl sites for hydroxylation is 1. The van der Waals surface area contributed by atoms with Gasteiger partial charge in [-0.05, 0) is 44.4 Å². The Labute approximate surface area is 138 Å². The highest BCUT2D eigenvalue weighted by atomic mass is 35.5. The molecule has 1 unspecified atom stereocenters. The van der Waals surface area contributed by atoms with E-state index < -0.39 is 0 Å². The summed E-state index contributed by atoms with van der Waals surface area (Å²) < 4.78 is 13.6. The predicted molar refractivity (Wildman–Crippen MR) is 92.1 cm³/mol. The molecule has 0 spiro atoms. The number of anilines is 1. The van der Waals surface area contributed by atoms with Gasteiger partial charge in [0, 0.05) is 12.5 Å². The fourth-order valence-electron chi connectivity index (χ4n) is 2.60. The van der Waals surface area contributed by atoms with E-state index in [0.29, 0.717) is 22.7 Å². The van der Waals surface area contributed by atoms with Gasteiger partial charge in [0.15, 0.2) is 0 Å². The summed E-state index contributed by atoms with van der Waals surface area (Å²) in [7, 11) is 0. The molecular formula is C18H27ClFNO. The molecule has 0 bridgehead atoms. The lowest BCUT2D eigenvalue weighted by atomic mass is 10.1. The largest absolute Gasteiger partial charge is 0.308 e. The lowest BCUT2D eigenvalue weighted by molar-refractivity contribution is -0.119. The minimum atomic E-state index is -0.338. The van der Waals surface area contributed by atoms with E-state index in [0.717, 1.165) is 32.1 Å². The van der Waals surface area contributed by atoms with Crippen LogP contribution in [0, 0.1) is 12.7 Å². The predicted octanol–water partition coefficient (Wildman–Crippen LogP) is 5.89. The Morgan fingerprint density at radius 3 is 2.55 bits per heavy atom. The Hall–Kier alpha value is -1.09.